The molecule has 5 heteroatoms. The number of carbonyl (C=O) groups is 1. The van der Waals surface area contributed by atoms with Crippen LogP contribution in [-0.4, -0.2) is 29.9 Å². The molecule has 0 saturated heterocycles. The highest BCUT2D eigenvalue weighted by molar-refractivity contribution is 6.18. The van der Waals surface area contributed by atoms with Crippen molar-refractivity contribution in [2.75, 3.05) is 13.0 Å². The number of pyridine rings is 1. The molecule has 2 rings (SSSR count). The summed E-state index contributed by atoms with van der Waals surface area (Å²) in [5.74, 6) is 1.19. The standard InChI is InChI=1S/C13H17ClN2O2/c1-18-13-10(5-3-7-15-13)12(17)16-11-6-2-4-9(11)8-14/h3,5,7,9,11H,2,4,6,8H2,1H3,(H,16,17). The van der Waals surface area contributed by atoms with Crippen molar-refractivity contribution in [3.63, 3.8) is 0 Å². The molecule has 0 bridgehead atoms. The highest BCUT2D eigenvalue weighted by Crippen LogP contribution is 2.27. The number of alkyl halides is 1. The van der Waals surface area contributed by atoms with Gasteiger partial charge in [0.05, 0.1) is 7.11 Å². The lowest BCUT2D eigenvalue weighted by molar-refractivity contribution is 0.0926. The molecule has 1 aliphatic rings. The van der Waals surface area contributed by atoms with Crippen molar-refractivity contribution in [2.24, 2.45) is 5.92 Å². The van der Waals surface area contributed by atoms with Gasteiger partial charge in [-0.15, -0.1) is 11.6 Å². The Hall–Kier alpha value is -1.29. The van der Waals surface area contributed by atoms with E-state index in [-0.39, 0.29) is 11.9 Å². The van der Waals surface area contributed by atoms with Crippen LogP contribution in [0.3, 0.4) is 0 Å². The number of methoxy groups -OCH3 is 1. The van der Waals surface area contributed by atoms with Gasteiger partial charge in [0.25, 0.3) is 5.91 Å². The highest BCUT2D eigenvalue weighted by atomic mass is 35.5. The first-order chi connectivity index (χ1) is 8.76. The summed E-state index contributed by atoms with van der Waals surface area (Å²) in [4.78, 5) is 16.2. The number of aromatic nitrogens is 1. The molecule has 1 fully saturated rings. The maximum atomic E-state index is 12.2. The number of hydrogen-bond donors (Lipinski definition) is 1. The molecule has 0 radical (unpaired) electrons. The van der Waals surface area contributed by atoms with Gasteiger partial charge in [0.2, 0.25) is 5.88 Å². The minimum Gasteiger partial charge on any atom is -0.480 e. The smallest absolute Gasteiger partial charge is 0.256 e. The monoisotopic (exact) mass is 268 g/mol. The van der Waals surface area contributed by atoms with Gasteiger partial charge in [0, 0.05) is 18.1 Å². The first-order valence-electron chi connectivity index (χ1n) is 6.12. The van der Waals surface area contributed by atoms with Gasteiger partial charge >= 0.3 is 0 Å². The summed E-state index contributed by atoms with van der Waals surface area (Å²) < 4.78 is 5.09. The molecule has 1 N–H and O–H groups in total. The summed E-state index contributed by atoms with van der Waals surface area (Å²) in [5.41, 5.74) is 0.472. The third-order valence-corrected chi connectivity index (χ3v) is 3.78. The number of carbonyl (C=O) groups excluding carboxylic acids is 1. The van der Waals surface area contributed by atoms with Crippen molar-refractivity contribution in [1.29, 1.82) is 0 Å². The van der Waals surface area contributed by atoms with E-state index in [2.05, 4.69) is 10.3 Å². The van der Waals surface area contributed by atoms with E-state index < -0.39 is 0 Å². The predicted molar refractivity (Wildman–Crippen MR) is 70.1 cm³/mol. The molecule has 18 heavy (non-hydrogen) atoms. The average molecular weight is 269 g/mol. The number of nitrogens with zero attached hydrogens (tertiary/aromatic N) is 1. The summed E-state index contributed by atoms with van der Waals surface area (Å²) in [7, 11) is 1.51. The number of amides is 1. The normalized spacial score (nSPS) is 22.8. The molecule has 1 aromatic heterocycles. The van der Waals surface area contributed by atoms with E-state index in [9.17, 15) is 4.79 Å². The third-order valence-electron chi connectivity index (χ3n) is 3.38. The summed E-state index contributed by atoms with van der Waals surface area (Å²) in [6.07, 6.45) is 4.80. The predicted octanol–water partition coefficient (Wildman–Crippen LogP) is 2.23. The lowest BCUT2D eigenvalue weighted by atomic mass is 10.1. The zero-order chi connectivity index (χ0) is 13.0. The van der Waals surface area contributed by atoms with E-state index in [1.165, 1.54) is 7.11 Å². The SMILES string of the molecule is COc1ncccc1C(=O)NC1CCCC1CCl. The quantitative estimate of drug-likeness (QED) is 0.852. The van der Waals surface area contributed by atoms with Crippen LogP contribution in [0, 0.1) is 5.92 Å². The Morgan fingerprint density at radius 2 is 2.44 bits per heavy atom. The molecule has 4 nitrogen and oxygen atoms in total. The van der Waals surface area contributed by atoms with Crippen molar-refractivity contribution in [3.05, 3.63) is 23.9 Å². The highest BCUT2D eigenvalue weighted by Gasteiger charge is 2.28. The molecule has 0 aromatic carbocycles. The van der Waals surface area contributed by atoms with E-state index in [1.54, 1.807) is 18.3 Å². The molecule has 98 valence electrons. The van der Waals surface area contributed by atoms with Crippen LogP contribution in [0.1, 0.15) is 29.6 Å². The van der Waals surface area contributed by atoms with Crippen LogP contribution in [0.25, 0.3) is 0 Å². The van der Waals surface area contributed by atoms with Crippen molar-refractivity contribution < 1.29 is 9.53 Å². The molecule has 1 amide bonds. The second-order valence-electron chi connectivity index (χ2n) is 4.49. The van der Waals surface area contributed by atoms with Crippen LogP contribution in [0.4, 0.5) is 0 Å². The van der Waals surface area contributed by atoms with Gasteiger partial charge in [-0.1, -0.05) is 6.42 Å². The van der Waals surface area contributed by atoms with Gasteiger partial charge in [0.1, 0.15) is 5.56 Å². The second-order valence-corrected chi connectivity index (χ2v) is 4.79. The van der Waals surface area contributed by atoms with Crippen LogP contribution in [-0.2, 0) is 0 Å². The first-order valence-corrected chi connectivity index (χ1v) is 6.65. The molecule has 0 aliphatic heterocycles. The number of halogens is 1. The largest absolute Gasteiger partial charge is 0.480 e. The molecule has 1 aliphatic carbocycles. The fraction of sp³-hybridized carbons (Fsp3) is 0.538. The topological polar surface area (TPSA) is 51.2 Å². The van der Waals surface area contributed by atoms with Crippen molar-refractivity contribution in [2.45, 2.75) is 25.3 Å². The van der Waals surface area contributed by atoms with Crippen molar-refractivity contribution in [1.82, 2.24) is 10.3 Å². The summed E-state index contributed by atoms with van der Waals surface area (Å²) >= 11 is 5.90. The van der Waals surface area contributed by atoms with Crippen LogP contribution in [0.5, 0.6) is 5.88 Å². The second kappa shape index (κ2) is 6.05. The van der Waals surface area contributed by atoms with Crippen molar-refractivity contribution in [3.8, 4) is 5.88 Å². The Kier molecular flexibility index (Phi) is 4.42. The Balaban J connectivity index is 2.07. The minimum atomic E-state index is -0.137. The van der Waals surface area contributed by atoms with Crippen LogP contribution < -0.4 is 10.1 Å². The van der Waals surface area contributed by atoms with Gasteiger partial charge < -0.3 is 10.1 Å². The number of hydrogen-bond acceptors (Lipinski definition) is 3. The summed E-state index contributed by atoms with van der Waals surface area (Å²) in [6.45, 7) is 0. The summed E-state index contributed by atoms with van der Waals surface area (Å²) in [5, 5.41) is 3.03. The van der Waals surface area contributed by atoms with E-state index >= 15 is 0 Å². The van der Waals surface area contributed by atoms with Gasteiger partial charge in [0.15, 0.2) is 0 Å². The molecule has 0 spiro atoms. The third kappa shape index (κ3) is 2.75. The number of ether oxygens (including phenoxy) is 1. The average Bonchev–Trinajstić information content (AvgIpc) is 2.85. The van der Waals surface area contributed by atoms with Gasteiger partial charge in [-0.25, -0.2) is 4.98 Å². The number of nitrogens with one attached hydrogen (secondary N) is 1. The molecule has 2 unspecified atom stereocenters. The van der Waals surface area contributed by atoms with Crippen LogP contribution >= 0.6 is 11.6 Å². The Morgan fingerprint density at radius 3 is 3.17 bits per heavy atom. The van der Waals surface area contributed by atoms with E-state index in [4.69, 9.17) is 16.3 Å². The van der Waals surface area contributed by atoms with E-state index in [1.807, 2.05) is 0 Å². The zero-order valence-corrected chi connectivity index (χ0v) is 11.1. The van der Waals surface area contributed by atoms with Gasteiger partial charge in [-0.05, 0) is 30.9 Å². The molecule has 1 heterocycles. The molecule has 1 aromatic rings. The minimum absolute atomic E-state index is 0.137. The molecule has 2 atom stereocenters. The van der Waals surface area contributed by atoms with Crippen LogP contribution in [0.2, 0.25) is 0 Å². The first kappa shape index (κ1) is 13.1. The van der Waals surface area contributed by atoms with Crippen LogP contribution in [0.15, 0.2) is 18.3 Å². The van der Waals surface area contributed by atoms with Gasteiger partial charge in [-0.3, -0.25) is 4.79 Å². The lowest BCUT2D eigenvalue weighted by Crippen LogP contribution is -2.38. The molecular formula is C13H17ClN2O2. The maximum absolute atomic E-state index is 12.2. The van der Waals surface area contributed by atoms with Gasteiger partial charge in [-0.2, -0.15) is 0 Å². The number of rotatable bonds is 4. The van der Waals surface area contributed by atoms with Crippen molar-refractivity contribution >= 4 is 17.5 Å². The molecule has 1 saturated carbocycles. The Bertz CT molecular complexity index is 425. The Labute approximate surface area is 112 Å². The zero-order valence-electron chi connectivity index (χ0n) is 10.4. The Morgan fingerprint density at radius 1 is 1.61 bits per heavy atom. The van der Waals surface area contributed by atoms with E-state index in [0.717, 1.165) is 19.3 Å². The molecular weight excluding hydrogens is 252 g/mol. The fourth-order valence-electron chi connectivity index (χ4n) is 2.38. The summed E-state index contributed by atoms with van der Waals surface area (Å²) in [6, 6.07) is 3.61. The van der Waals surface area contributed by atoms with E-state index in [0.29, 0.717) is 23.2 Å². The fourth-order valence-corrected chi connectivity index (χ4v) is 2.75. The lowest BCUT2D eigenvalue weighted by Gasteiger charge is -2.19. The maximum Gasteiger partial charge on any atom is 0.256 e.